The summed E-state index contributed by atoms with van der Waals surface area (Å²) in [6.07, 6.45) is 4.49. The number of piperidine rings is 1. The molecule has 0 saturated carbocycles. The Labute approximate surface area is 141 Å². The first-order valence-corrected chi connectivity index (χ1v) is 8.48. The van der Waals surface area contributed by atoms with Crippen LogP contribution in [0.15, 0.2) is 18.2 Å². The lowest BCUT2D eigenvalue weighted by Crippen LogP contribution is -2.47. The largest absolute Gasteiger partial charge is 0.377 e. The lowest BCUT2D eigenvalue weighted by Gasteiger charge is -2.32. The van der Waals surface area contributed by atoms with Crippen molar-refractivity contribution in [1.29, 1.82) is 0 Å². The summed E-state index contributed by atoms with van der Waals surface area (Å²) in [6, 6.07) is 4.98. The highest BCUT2D eigenvalue weighted by Gasteiger charge is 2.36. The predicted molar refractivity (Wildman–Crippen MR) is 92.5 cm³/mol. The van der Waals surface area contributed by atoms with Gasteiger partial charge < -0.3 is 10.2 Å². The van der Waals surface area contributed by atoms with Crippen molar-refractivity contribution in [2.24, 2.45) is 0 Å². The van der Waals surface area contributed by atoms with Gasteiger partial charge >= 0.3 is 0 Å². The van der Waals surface area contributed by atoms with Crippen LogP contribution in [0.25, 0.3) is 0 Å². The average Bonchev–Trinajstić information content (AvgIpc) is 2.97. The molecule has 24 heavy (non-hydrogen) atoms. The molecule has 2 saturated heterocycles. The highest BCUT2D eigenvalue weighted by molar-refractivity contribution is 6.00. The fraction of sp³-hybridized carbons (Fsp3) is 0.588. The van der Waals surface area contributed by atoms with Crippen molar-refractivity contribution >= 4 is 17.3 Å². The molecule has 2 fully saturated rings. The summed E-state index contributed by atoms with van der Waals surface area (Å²) in [6.45, 7) is 2.13. The molecule has 1 aromatic carbocycles. The van der Waals surface area contributed by atoms with Gasteiger partial charge in [0.1, 0.15) is 0 Å². The van der Waals surface area contributed by atoms with Crippen molar-refractivity contribution in [1.82, 2.24) is 10.2 Å². The second-order valence-corrected chi connectivity index (χ2v) is 6.82. The van der Waals surface area contributed by atoms with E-state index in [1.54, 1.807) is 11.0 Å². The van der Waals surface area contributed by atoms with Gasteiger partial charge in [-0.3, -0.25) is 19.8 Å². The number of hydrogen-bond donors (Lipinski definition) is 1. The third-order valence-corrected chi connectivity index (χ3v) is 5.09. The molecule has 0 spiro atoms. The van der Waals surface area contributed by atoms with Gasteiger partial charge in [-0.15, -0.1) is 0 Å². The van der Waals surface area contributed by atoms with Crippen molar-refractivity contribution < 1.29 is 9.72 Å². The van der Waals surface area contributed by atoms with Crippen LogP contribution in [-0.4, -0.2) is 55.0 Å². The maximum Gasteiger partial charge on any atom is 0.270 e. The summed E-state index contributed by atoms with van der Waals surface area (Å²) in [5.74, 6) is -0.222. The Hall–Kier alpha value is -2.15. The fourth-order valence-corrected chi connectivity index (χ4v) is 3.87. The molecule has 1 N–H and O–H groups in total. The Balaban J connectivity index is 1.81. The summed E-state index contributed by atoms with van der Waals surface area (Å²) in [5.41, 5.74) is 0.997. The summed E-state index contributed by atoms with van der Waals surface area (Å²) < 4.78 is 0. The number of rotatable bonds is 4. The van der Waals surface area contributed by atoms with E-state index in [4.69, 9.17) is 0 Å². The Morgan fingerprint density at radius 1 is 1.29 bits per heavy atom. The van der Waals surface area contributed by atoms with E-state index in [0.29, 0.717) is 17.3 Å². The highest BCUT2D eigenvalue weighted by Crippen LogP contribution is 2.29. The van der Waals surface area contributed by atoms with E-state index >= 15 is 0 Å². The first kappa shape index (κ1) is 16.7. The number of hydrogen-bond acceptors (Lipinski definition) is 5. The van der Waals surface area contributed by atoms with Gasteiger partial charge in [-0.2, -0.15) is 0 Å². The van der Waals surface area contributed by atoms with Gasteiger partial charge in [0, 0.05) is 50.5 Å². The quantitative estimate of drug-likeness (QED) is 0.674. The molecular formula is C17H24N4O3. The van der Waals surface area contributed by atoms with Crippen LogP contribution in [0.4, 0.5) is 11.4 Å². The molecule has 1 amide bonds. The van der Waals surface area contributed by atoms with Crippen molar-refractivity contribution in [3.05, 3.63) is 33.9 Å². The molecule has 3 rings (SSSR count). The van der Waals surface area contributed by atoms with Gasteiger partial charge in [0.25, 0.3) is 11.6 Å². The second-order valence-electron chi connectivity index (χ2n) is 6.82. The number of amides is 1. The van der Waals surface area contributed by atoms with E-state index in [-0.39, 0.29) is 17.6 Å². The van der Waals surface area contributed by atoms with Crippen LogP contribution in [0.3, 0.4) is 0 Å². The van der Waals surface area contributed by atoms with Crippen LogP contribution in [0.5, 0.6) is 0 Å². The van der Waals surface area contributed by atoms with Crippen LogP contribution in [0.1, 0.15) is 36.0 Å². The lowest BCUT2D eigenvalue weighted by molar-refractivity contribution is -0.384. The summed E-state index contributed by atoms with van der Waals surface area (Å²) in [7, 11) is 3.66. The SMILES string of the molecule is CN(C)c1ccc([N+](=O)[O-])cc1C(=O)NC1CCN2CCCCC12. The highest BCUT2D eigenvalue weighted by atomic mass is 16.6. The zero-order valence-electron chi connectivity index (χ0n) is 14.2. The monoisotopic (exact) mass is 332 g/mol. The van der Waals surface area contributed by atoms with Gasteiger partial charge in [0.15, 0.2) is 0 Å². The zero-order valence-corrected chi connectivity index (χ0v) is 14.2. The number of benzene rings is 1. The topological polar surface area (TPSA) is 78.7 Å². The number of nitro benzene ring substituents is 1. The number of nitro groups is 1. The standard InChI is InChI=1S/C17H24N4O3/c1-19(2)15-7-6-12(21(23)24)11-13(15)17(22)18-14-8-10-20-9-4-3-5-16(14)20/h6-7,11,14,16H,3-5,8-10H2,1-2H3,(H,18,22). The van der Waals surface area contributed by atoms with Gasteiger partial charge in [0.2, 0.25) is 0 Å². The van der Waals surface area contributed by atoms with Crippen LogP contribution in [0, 0.1) is 10.1 Å². The van der Waals surface area contributed by atoms with E-state index in [2.05, 4.69) is 10.2 Å². The van der Waals surface area contributed by atoms with E-state index < -0.39 is 4.92 Å². The van der Waals surface area contributed by atoms with Crippen molar-refractivity contribution in [2.75, 3.05) is 32.1 Å². The Morgan fingerprint density at radius 3 is 2.79 bits per heavy atom. The van der Waals surface area contributed by atoms with Crippen LogP contribution in [-0.2, 0) is 0 Å². The van der Waals surface area contributed by atoms with Crippen molar-refractivity contribution in [3.8, 4) is 0 Å². The fourth-order valence-electron chi connectivity index (χ4n) is 3.87. The Kier molecular flexibility index (Phi) is 4.71. The molecule has 2 atom stereocenters. The Morgan fingerprint density at radius 2 is 2.08 bits per heavy atom. The van der Waals surface area contributed by atoms with E-state index in [0.717, 1.165) is 25.9 Å². The van der Waals surface area contributed by atoms with Gasteiger partial charge in [0.05, 0.1) is 10.5 Å². The molecule has 0 radical (unpaired) electrons. The molecule has 0 aromatic heterocycles. The maximum atomic E-state index is 12.8. The average molecular weight is 332 g/mol. The second kappa shape index (κ2) is 6.76. The molecule has 2 aliphatic rings. The van der Waals surface area contributed by atoms with Gasteiger partial charge in [-0.05, 0) is 31.9 Å². The first-order valence-electron chi connectivity index (χ1n) is 8.48. The van der Waals surface area contributed by atoms with Crippen LogP contribution < -0.4 is 10.2 Å². The molecular weight excluding hydrogens is 308 g/mol. The molecule has 2 unspecified atom stereocenters. The minimum Gasteiger partial charge on any atom is -0.377 e. The van der Waals surface area contributed by atoms with E-state index in [9.17, 15) is 14.9 Å². The molecule has 7 nitrogen and oxygen atoms in total. The van der Waals surface area contributed by atoms with Gasteiger partial charge in [-0.25, -0.2) is 0 Å². The smallest absolute Gasteiger partial charge is 0.270 e. The molecule has 1 aromatic rings. The predicted octanol–water partition coefficient (Wildman–Crippen LogP) is 2.02. The number of carbonyl (C=O) groups is 1. The normalized spacial score (nSPS) is 23.6. The van der Waals surface area contributed by atoms with Crippen molar-refractivity contribution in [3.63, 3.8) is 0 Å². The third kappa shape index (κ3) is 3.21. The maximum absolute atomic E-state index is 12.8. The third-order valence-electron chi connectivity index (χ3n) is 5.09. The minimum atomic E-state index is -0.464. The molecule has 0 bridgehead atoms. The molecule has 2 aliphatic heterocycles. The number of nitrogens with zero attached hydrogens (tertiary/aromatic N) is 3. The summed E-state index contributed by atoms with van der Waals surface area (Å²) in [4.78, 5) is 27.6. The molecule has 0 aliphatic carbocycles. The number of non-ortho nitro benzene ring substituents is 1. The summed E-state index contributed by atoms with van der Waals surface area (Å²) in [5, 5.41) is 14.2. The van der Waals surface area contributed by atoms with Crippen LogP contribution >= 0.6 is 0 Å². The van der Waals surface area contributed by atoms with E-state index in [1.807, 2.05) is 14.1 Å². The van der Waals surface area contributed by atoms with Crippen molar-refractivity contribution in [2.45, 2.75) is 37.8 Å². The Bertz CT molecular complexity index is 647. The van der Waals surface area contributed by atoms with Gasteiger partial charge in [-0.1, -0.05) is 6.42 Å². The zero-order chi connectivity index (χ0) is 17.3. The van der Waals surface area contributed by atoms with Crippen LogP contribution in [0.2, 0.25) is 0 Å². The minimum absolute atomic E-state index is 0.0588. The molecule has 130 valence electrons. The lowest BCUT2D eigenvalue weighted by atomic mass is 9.98. The first-order chi connectivity index (χ1) is 11.5. The molecule has 2 heterocycles. The number of anilines is 1. The number of fused-ring (bicyclic) bond motifs is 1. The number of nitrogens with one attached hydrogen (secondary N) is 1. The van der Waals surface area contributed by atoms with E-state index in [1.165, 1.54) is 25.0 Å². The number of carbonyl (C=O) groups excluding carboxylic acids is 1. The molecule has 7 heteroatoms. The summed E-state index contributed by atoms with van der Waals surface area (Å²) >= 11 is 0.